The van der Waals surface area contributed by atoms with Crippen molar-refractivity contribution in [1.29, 1.82) is 0 Å². The molecule has 2 N–H and O–H groups in total. The fourth-order valence-electron chi connectivity index (χ4n) is 3.91. The molecule has 0 fully saturated rings. The molecule has 7 nitrogen and oxygen atoms in total. The highest BCUT2D eigenvalue weighted by atomic mass is 32.2. The Morgan fingerprint density at radius 3 is 2.30 bits per heavy atom. The Morgan fingerprint density at radius 2 is 1.78 bits per heavy atom. The molecule has 0 unspecified atom stereocenters. The summed E-state index contributed by atoms with van der Waals surface area (Å²) < 4.78 is 66.2. The van der Waals surface area contributed by atoms with Crippen LogP contribution in [-0.2, 0) is 28.0 Å². The van der Waals surface area contributed by atoms with Gasteiger partial charge in [-0.25, -0.2) is 13.4 Å². The molecular weight excluding hydrogens is 527 g/mol. The lowest BCUT2D eigenvalue weighted by Gasteiger charge is -2.21. The molecule has 0 saturated carbocycles. The standard InChI is InChI=1S/C25H30F3N3O4S2/c1-6-37(34,35)17-9-7-16(8-10-17)19(14-32)29-22(33)21-15(2)31(23(30-21)24(3,4)5)13-20-18(11-12-36-20)25(26,27)28/h7-12,19,32H,6,13-14H2,1-5H3,(H,29,33)/t19-/m0/s1. The van der Waals surface area contributed by atoms with E-state index in [4.69, 9.17) is 0 Å². The van der Waals surface area contributed by atoms with Gasteiger partial charge in [-0.1, -0.05) is 39.8 Å². The Kier molecular flexibility index (Phi) is 8.25. The van der Waals surface area contributed by atoms with Crippen LogP contribution in [-0.4, -0.2) is 41.3 Å². The second kappa shape index (κ2) is 10.6. The highest BCUT2D eigenvalue weighted by Crippen LogP contribution is 2.36. The van der Waals surface area contributed by atoms with Crippen LogP contribution in [0.5, 0.6) is 0 Å². The molecule has 0 spiro atoms. The van der Waals surface area contributed by atoms with E-state index in [0.29, 0.717) is 17.1 Å². The third-order valence-electron chi connectivity index (χ3n) is 5.97. The maximum Gasteiger partial charge on any atom is 0.417 e. The summed E-state index contributed by atoms with van der Waals surface area (Å²) in [7, 11) is -3.40. The molecule has 202 valence electrons. The smallest absolute Gasteiger partial charge is 0.394 e. The van der Waals surface area contributed by atoms with Crippen molar-refractivity contribution in [2.75, 3.05) is 12.4 Å². The number of nitrogens with zero attached hydrogens (tertiary/aromatic N) is 2. The van der Waals surface area contributed by atoms with Crippen LogP contribution < -0.4 is 5.32 Å². The van der Waals surface area contributed by atoms with Gasteiger partial charge < -0.3 is 15.0 Å². The van der Waals surface area contributed by atoms with Gasteiger partial charge in [0.25, 0.3) is 5.91 Å². The highest BCUT2D eigenvalue weighted by Gasteiger charge is 2.35. The number of aromatic nitrogens is 2. The van der Waals surface area contributed by atoms with Crippen molar-refractivity contribution in [3.05, 3.63) is 68.9 Å². The first-order chi connectivity index (χ1) is 17.1. The number of amides is 1. The molecule has 0 aliphatic heterocycles. The number of imidazole rings is 1. The minimum absolute atomic E-state index is 0.0404. The maximum absolute atomic E-state index is 13.5. The van der Waals surface area contributed by atoms with Crippen LogP contribution in [0.2, 0.25) is 0 Å². The van der Waals surface area contributed by atoms with Crippen molar-refractivity contribution in [3.8, 4) is 0 Å². The molecule has 3 rings (SSSR count). The molecular formula is C25H30F3N3O4S2. The van der Waals surface area contributed by atoms with E-state index in [2.05, 4.69) is 10.3 Å². The highest BCUT2D eigenvalue weighted by molar-refractivity contribution is 7.91. The van der Waals surface area contributed by atoms with E-state index >= 15 is 0 Å². The van der Waals surface area contributed by atoms with E-state index in [0.717, 1.165) is 17.4 Å². The number of rotatable bonds is 8. The number of halogens is 3. The summed E-state index contributed by atoms with van der Waals surface area (Å²) in [6.45, 7) is 8.17. The first-order valence-electron chi connectivity index (χ1n) is 11.6. The van der Waals surface area contributed by atoms with E-state index < -0.39 is 45.5 Å². The quantitative estimate of drug-likeness (QED) is 0.411. The largest absolute Gasteiger partial charge is 0.417 e. The maximum atomic E-state index is 13.5. The van der Waals surface area contributed by atoms with Gasteiger partial charge in [0.15, 0.2) is 9.84 Å². The number of aliphatic hydroxyl groups is 1. The molecule has 2 heterocycles. The van der Waals surface area contributed by atoms with E-state index in [1.807, 2.05) is 20.8 Å². The van der Waals surface area contributed by atoms with Gasteiger partial charge in [0.1, 0.15) is 11.5 Å². The fourth-order valence-corrected chi connectivity index (χ4v) is 5.68. The van der Waals surface area contributed by atoms with Crippen molar-refractivity contribution in [2.45, 2.75) is 63.7 Å². The first-order valence-corrected chi connectivity index (χ1v) is 14.1. The normalized spacial score (nSPS) is 13.5. The lowest BCUT2D eigenvalue weighted by atomic mass is 9.95. The Labute approximate surface area is 218 Å². The molecule has 3 aromatic rings. The number of alkyl halides is 3. The minimum atomic E-state index is -4.49. The third kappa shape index (κ3) is 6.24. The number of nitrogens with one attached hydrogen (secondary N) is 1. The van der Waals surface area contributed by atoms with Crippen LogP contribution in [0.1, 0.15) is 71.7 Å². The topological polar surface area (TPSA) is 101 Å². The third-order valence-corrected chi connectivity index (χ3v) is 8.63. The van der Waals surface area contributed by atoms with Crippen LogP contribution in [0, 0.1) is 6.92 Å². The number of benzene rings is 1. The van der Waals surface area contributed by atoms with Gasteiger partial charge in [0, 0.05) is 16.0 Å². The van der Waals surface area contributed by atoms with Crippen molar-refractivity contribution in [2.24, 2.45) is 0 Å². The number of carbonyl (C=O) groups is 1. The number of aliphatic hydroxyl groups excluding tert-OH is 1. The Balaban J connectivity index is 1.94. The van der Waals surface area contributed by atoms with E-state index in [1.165, 1.54) is 36.6 Å². The van der Waals surface area contributed by atoms with E-state index in [-0.39, 0.29) is 27.8 Å². The lowest BCUT2D eigenvalue weighted by molar-refractivity contribution is -0.137. The van der Waals surface area contributed by atoms with Gasteiger partial charge in [-0.15, -0.1) is 11.3 Å². The predicted molar refractivity (Wildman–Crippen MR) is 136 cm³/mol. The number of hydrogen-bond donors (Lipinski definition) is 2. The minimum Gasteiger partial charge on any atom is -0.394 e. The van der Waals surface area contributed by atoms with Gasteiger partial charge in [0.05, 0.1) is 35.4 Å². The number of carbonyl (C=O) groups excluding carboxylic acids is 1. The zero-order valence-electron chi connectivity index (χ0n) is 21.2. The molecule has 0 aliphatic rings. The summed E-state index contributed by atoms with van der Waals surface area (Å²) in [5, 5.41) is 14.0. The monoisotopic (exact) mass is 557 g/mol. The molecule has 37 heavy (non-hydrogen) atoms. The predicted octanol–water partition coefficient (Wildman–Crippen LogP) is 4.87. The second-order valence-corrected chi connectivity index (χ2v) is 12.9. The van der Waals surface area contributed by atoms with Crippen LogP contribution >= 0.6 is 11.3 Å². The van der Waals surface area contributed by atoms with Gasteiger partial charge >= 0.3 is 6.18 Å². The Morgan fingerprint density at radius 1 is 1.16 bits per heavy atom. The van der Waals surface area contributed by atoms with Gasteiger partial charge in [-0.2, -0.15) is 13.2 Å². The molecule has 1 atom stereocenters. The average Bonchev–Trinajstić information content (AvgIpc) is 3.42. The van der Waals surface area contributed by atoms with Crippen molar-refractivity contribution in [3.63, 3.8) is 0 Å². The van der Waals surface area contributed by atoms with E-state index in [1.54, 1.807) is 11.5 Å². The summed E-state index contributed by atoms with van der Waals surface area (Å²) in [6, 6.07) is 6.07. The first kappa shape index (κ1) is 28.9. The molecule has 0 aliphatic carbocycles. The van der Waals surface area contributed by atoms with Crippen LogP contribution in [0.4, 0.5) is 13.2 Å². The molecule has 12 heteroatoms. The number of sulfone groups is 1. The summed E-state index contributed by atoms with van der Waals surface area (Å²) in [5.41, 5.74) is -0.364. The van der Waals surface area contributed by atoms with Gasteiger partial charge in [-0.3, -0.25) is 4.79 Å². The molecule has 2 aromatic heterocycles. The molecule has 0 radical (unpaired) electrons. The average molecular weight is 558 g/mol. The zero-order chi connectivity index (χ0) is 27.8. The zero-order valence-corrected chi connectivity index (χ0v) is 22.8. The molecule has 0 saturated heterocycles. The van der Waals surface area contributed by atoms with Crippen molar-refractivity contribution >= 4 is 27.1 Å². The van der Waals surface area contributed by atoms with Crippen LogP contribution in [0.15, 0.2) is 40.6 Å². The van der Waals surface area contributed by atoms with E-state index in [9.17, 15) is 31.5 Å². The summed E-state index contributed by atoms with van der Waals surface area (Å²) in [6.07, 6.45) is -4.49. The Hall–Kier alpha value is -2.70. The van der Waals surface area contributed by atoms with Crippen LogP contribution in [0.3, 0.4) is 0 Å². The second-order valence-electron chi connectivity index (χ2n) is 9.64. The number of thiophene rings is 1. The lowest BCUT2D eigenvalue weighted by Crippen LogP contribution is -2.31. The van der Waals surface area contributed by atoms with Gasteiger partial charge in [0.2, 0.25) is 0 Å². The van der Waals surface area contributed by atoms with Crippen molar-refractivity contribution in [1.82, 2.24) is 14.9 Å². The Bertz CT molecular complexity index is 1370. The summed E-state index contributed by atoms with van der Waals surface area (Å²) in [4.78, 5) is 18.0. The molecule has 1 amide bonds. The summed E-state index contributed by atoms with van der Waals surface area (Å²) >= 11 is 0.988. The summed E-state index contributed by atoms with van der Waals surface area (Å²) in [5.74, 6) is -0.208. The van der Waals surface area contributed by atoms with Gasteiger partial charge in [-0.05, 0) is 36.1 Å². The van der Waals surface area contributed by atoms with Crippen molar-refractivity contribution < 1.29 is 31.5 Å². The fraction of sp³-hybridized carbons (Fsp3) is 0.440. The SMILES string of the molecule is CCS(=O)(=O)c1ccc([C@H](CO)NC(=O)c2nc(C(C)(C)C)n(Cc3sccc3C(F)(F)F)c2C)cc1. The molecule has 0 bridgehead atoms. The number of hydrogen-bond acceptors (Lipinski definition) is 6. The van der Waals surface area contributed by atoms with Crippen LogP contribution in [0.25, 0.3) is 0 Å². The molecule has 1 aromatic carbocycles.